The Morgan fingerprint density at radius 2 is 1.37 bits per heavy atom. The van der Waals surface area contributed by atoms with E-state index in [0.717, 1.165) is 5.21 Å². The van der Waals surface area contributed by atoms with Crippen LogP contribution in [0.25, 0.3) is 0 Å². The van der Waals surface area contributed by atoms with E-state index < -0.39 is 13.5 Å². The van der Waals surface area contributed by atoms with E-state index >= 15 is 0 Å². The van der Waals surface area contributed by atoms with Crippen LogP contribution in [0, 0.1) is 0 Å². The molecule has 0 aliphatic carbocycles. The summed E-state index contributed by atoms with van der Waals surface area (Å²) >= 11 is -2.16. The zero-order valence-corrected chi connectivity index (χ0v) is 16.0. The molecule has 0 spiro atoms. The molecule has 19 heavy (non-hydrogen) atoms. The summed E-state index contributed by atoms with van der Waals surface area (Å²) in [5.74, 6) is 0. The van der Waals surface area contributed by atoms with Crippen LogP contribution in [0.15, 0.2) is 30.3 Å². The minimum atomic E-state index is -2.16. The first-order valence-corrected chi connectivity index (χ1v) is 13.2. The third-order valence-corrected chi connectivity index (χ3v) is 6.40. The van der Waals surface area contributed by atoms with Crippen molar-refractivity contribution < 1.29 is 3.74 Å². The Morgan fingerprint density at radius 1 is 1.00 bits per heavy atom. The third kappa shape index (κ3) is 11.1. The molecule has 0 saturated heterocycles. The van der Waals surface area contributed by atoms with Crippen LogP contribution in [-0.2, 0) is 9.15 Å². The van der Waals surface area contributed by atoms with Gasteiger partial charge in [0.05, 0.1) is 0 Å². The molecule has 1 aromatic rings. The number of hydrogen-bond acceptors (Lipinski definition) is 1. The van der Waals surface area contributed by atoms with Gasteiger partial charge in [-0.2, -0.15) is 0 Å². The fourth-order valence-corrected chi connectivity index (χ4v) is 1.09. The Labute approximate surface area is 123 Å². The molecule has 1 aromatic carbocycles. The van der Waals surface area contributed by atoms with Gasteiger partial charge in [0, 0.05) is 0 Å². The van der Waals surface area contributed by atoms with Gasteiger partial charge >= 0.3 is 40.8 Å². The molecule has 0 aromatic heterocycles. The fourth-order valence-electron chi connectivity index (χ4n) is 1.09. The van der Waals surface area contributed by atoms with Gasteiger partial charge in [-0.25, -0.2) is 0 Å². The van der Waals surface area contributed by atoms with E-state index in [-0.39, 0.29) is 0 Å². The van der Waals surface area contributed by atoms with Crippen LogP contribution in [0.1, 0.15) is 53.5 Å². The number of rotatable bonds is 3. The average Bonchev–Trinajstić information content (AvgIpc) is 2.42. The van der Waals surface area contributed by atoms with E-state index in [1.165, 1.54) is 12.0 Å². The Balaban J connectivity index is 0. The SMILES string of the molecule is CC.CCC(C)(C)c1ccccc1.CC[As](C)(C)=O. The normalized spacial score (nSPS) is 10.7. The average molecular weight is 328 g/mol. The summed E-state index contributed by atoms with van der Waals surface area (Å²) in [6.45, 7) is 12.8. The standard InChI is InChI=1S/C11H16.C4H11AsO.C2H6/c1-4-11(2,3)10-8-6-5-7-9-10;1-4-5(2,3)6;1-2/h5-9H,4H2,1-3H3;4H2,1-3H3;1-2H3. The second kappa shape index (κ2) is 10.4. The summed E-state index contributed by atoms with van der Waals surface area (Å²) in [6.07, 6.45) is 1.19. The molecule has 0 unspecified atom stereocenters. The number of hydrogen-bond donors (Lipinski definition) is 0. The predicted molar refractivity (Wildman–Crippen MR) is 89.8 cm³/mol. The van der Waals surface area contributed by atoms with Crippen molar-refractivity contribution in [3.63, 3.8) is 0 Å². The van der Waals surface area contributed by atoms with E-state index in [9.17, 15) is 3.74 Å². The van der Waals surface area contributed by atoms with E-state index in [4.69, 9.17) is 0 Å². The molecule has 2 heteroatoms. The van der Waals surface area contributed by atoms with Gasteiger partial charge in [0.15, 0.2) is 0 Å². The molecule has 0 N–H and O–H groups in total. The van der Waals surface area contributed by atoms with Crippen LogP contribution < -0.4 is 0 Å². The van der Waals surface area contributed by atoms with Crippen molar-refractivity contribution in [1.29, 1.82) is 0 Å². The maximum absolute atomic E-state index is 10.6. The van der Waals surface area contributed by atoms with Gasteiger partial charge in [0.1, 0.15) is 0 Å². The summed E-state index contributed by atoms with van der Waals surface area (Å²) in [7, 11) is 0. The second-order valence-corrected chi connectivity index (χ2v) is 13.4. The van der Waals surface area contributed by atoms with Crippen molar-refractivity contribution in [1.82, 2.24) is 0 Å². The molecule has 0 atom stereocenters. The van der Waals surface area contributed by atoms with Crippen molar-refractivity contribution in [2.45, 2.75) is 70.0 Å². The van der Waals surface area contributed by atoms with Crippen LogP contribution in [0.2, 0.25) is 16.6 Å². The summed E-state index contributed by atoms with van der Waals surface area (Å²) in [5, 5.41) is 0.887. The van der Waals surface area contributed by atoms with Crippen LogP contribution in [0.5, 0.6) is 0 Å². The van der Waals surface area contributed by atoms with Crippen molar-refractivity contribution in [3.05, 3.63) is 35.9 Å². The third-order valence-electron chi connectivity index (χ3n) is 3.20. The van der Waals surface area contributed by atoms with Crippen LogP contribution >= 0.6 is 0 Å². The van der Waals surface area contributed by atoms with Gasteiger partial charge in [-0.1, -0.05) is 65.0 Å². The van der Waals surface area contributed by atoms with Crippen molar-refractivity contribution in [3.8, 4) is 0 Å². The Bertz CT molecular complexity index is 349. The monoisotopic (exact) mass is 328 g/mol. The Hall–Kier alpha value is -0.422. The van der Waals surface area contributed by atoms with Gasteiger partial charge < -0.3 is 0 Å². The molecule has 1 rings (SSSR count). The van der Waals surface area contributed by atoms with Crippen molar-refractivity contribution in [2.24, 2.45) is 0 Å². The molecular formula is C17H33AsO. The Kier molecular flexibility index (Phi) is 11.4. The molecule has 112 valence electrons. The van der Waals surface area contributed by atoms with Gasteiger partial charge in [0.25, 0.3) is 0 Å². The zero-order chi connectivity index (χ0) is 15.5. The molecule has 1 nitrogen and oxygen atoms in total. The second-order valence-electron chi connectivity index (χ2n) is 5.49. The fraction of sp³-hybridized carbons (Fsp3) is 0.647. The molecule has 0 heterocycles. The predicted octanol–water partition coefficient (Wildman–Crippen LogP) is 6.04. The first kappa shape index (κ1) is 20.9. The van der Waals surface area contributed by atoms with Gasteiger partial charge in [-0.3, -0.25) is 0 Å². The van der Waals surface area contributed by atoms with E-state index in [1.54, 1.807) is 0 Å². The van der Waals surface area contributed by atoms with E-state index in [0.29, 0.717) is 5.41 Å². The molecule has 0 aliphatic heterocycles. The van der Waals surface area contributed by atoms with Crippen LogP contribution in [0.4, 0.5) is 0 Å². The van der Waals surface area contributed by atoms with E-state index in [1.807, 2.05) is 32.2 Å². The molecule has 0 aliphatic rings. The molecule has 0 fully saturated rings. The topological polar surface area (TPSA) is 17.1 Å². The zero-order valence-electron chi connectivity index (χ0n) is 14.2. The summed E-state index contributed by atoms with van der Waals surface area (Å²) in [5.41, 5.74) is 5.49. The summed E-state index contributed by atoms with van der Waals surface area (Å²) in [4.78, 5) is 0. The molecule has 0 amide bonds. The maximum atomic E-state index is 10.6. The van der Waals surface area contributed by atoms with Gasteiger partial charge in [-0.15, -0.1) is 0 Å². The minimum absolute atomic E-state index is 0.335. The van der Waals surface area contributed by atoms with E-state index in [2.05, 4.69) is 51.1 Å². The first-order chi connectivity index (χ1) is 8.73. The first-order valence-electron chi connectivity index (χ1n) is 7.32. The molecule has 0 saturated carbocycles. The molecule has 0 radical (unpaired) electrons. The van der Waals surface area contributed by atoms with Crippen molar-refractivity contribution in [2.75, 3.05) is 0 Å². The van der Waals surface area contributed by atoms with Gasteiger partial charge in [-0.05, 0) is 17.4 Å². The van der Waals surface area contributed by atoms with Crippen LogP contribution in [0.3, 0.4) is 0 Å². The summed E-state index contributed by atoms with van der Waals surface area (Å²) in [6, 6.07) is 10.7. The van der Waals surface area contributed by atoms with Crippen molar-refractivity contribution >= 4 is 13.5 Å². The van der Waals surface area contributed by atoms with Crippen LogP contribution in [-0.4, -0.2) is 13.5 Å². The molecular weight excluding hydrogens is 295 g/mol. The van der Waals surface area contributed by atoms with Gasteiger partial charge in [0.2, 0.25) is 0 Å². The molecule has 0 bridgehead atoms. The quantitative estimate of drug-likeness (QED) is 0.618. The number of benzene rings is 1. The summed E-state index contributed by atoms with van der Waals surface area (Å²) < 4.78 is 10.6. The Morgan fingerprint density at radius 3 is 1.63 bits per heavy atom.